The second-order valence-electron chi connectivity index (χ2n) is 3.75. The Hall–Kier alpha value is -0.570. The molecule has 1 saturated heterocycles. The van der Waals surface area contributed by atoms with E-state index < -0.39 is 0 Å². The first-order valence-corrected chi connectivity index (χ1v) is 5.09. The molecule has 1 fully saturated rings. The van der Waals surface area contributed by atoms with Crippen LogP contribution in [0.1, 0.15) is 26.2 Å². The van der Waals surface area contributed by atoms with Gasteiger partial charge in [0.25, 0.3) is 0 Å². The summed E-state index contributed by atoms with van der Waals surface area (Å²) in [5, 5.41) is 0. The number of ether oxygens (including phenoxy) is 1. The Balaban J connectivity index is 2.23. The van der Waals surface area contributed by atoms with Gasteiger partial charge >= 0.3 is 5.97 Å². The van der Waals surface area contributed by atoms with Crippen molar-refractivity contribution in [2.24, 2.45) is 5.92 Å². The van der Waals surface area contributed by atoms with Crippen LogP contribution in [0.15, 0.2) is 0 Å². The number of hydrogen-bond donors (Lipinski definition) is 0. The van der Waals surface area contributed by atoms with E-state index in [0.717, 1.165) is 32.4 Å². The number of carbonyl (C=O) groups excluding carboxylic acids is 1. The van der Waals surface area contributed by atoms with E-state index in [1.807, 2.05) is 6.92 Å². The standard InChI is InChI=1S/C10H19NO2/c1-3-8-13-10(12)9-4-6-11(2)7-5-9/h9H,3-8H2,1-2H3. The lowest BCUT2D eigenvalue weighted by molar-refractivity contribution is -0.150. The summed E-state index contributed by atoms with van der Waals surface area (Å²) < 4.78 is 5.11. The number of hydrogen-bond acceptors (Lipinski definition) is 3. The summed E-state index contributed by atoms with van der Waals surface area (Å²) in [4.78, 5) is 13.7. The minimum atomic E-state index is 0.00921. The zero-order valence-corrected chi connectivity index (χ0v) is 8.58. The molecule has 0 aromatic carbocycles. The zero-order chi connectivity index (χ0) is 9.68. The minimum Gasteiger partial charge on any atom is -0.465 e. The van der Waals surface area contributed by atoms with E-state index in [4.69, 9.17) is 4.74 Å². The first-order chi connectivity index (χ1) is 6.24. The summed E-state index contributed by atoms with van der Waals surface area (Å²) in [6.45, 7) is 4.63. The van der Waals surface area contributed by atoms with Crippen LogP contribution in [0.4, 0.5) is 0 Å². The van der Waals surface area contributed by atoms with E-state index in [-0.39, 0.29) is 11.9 Å². The molecule has 13 heavy (non-hydrogen) atoms. The summed E-state index contributed by atoms with van der Waals surface area (Å²) in [6.07, 6.45) is 2.83. The summed E-state index contributed by atoms with van der Waals surface area (Å²) in [6, 6.07) is 0. The molecule has 0 amide bonds. The van der Waals surface area contributed by atoms with Crippen LogP contribution in [0.25, 0.3) is 0 Å². The fourth-order valence-electron chi connectivity index (χ4n) is 1.56. The van der Waals surface area contributed by atoms with Crippen LogP contribution in [0, 0.1) is 5.92 Å². The number of nitrogens with zero attached hydrogens (tertiary/aromatic N) is 1. The number of rotatable bonds is 3. The summed E-state index contributed by atoms with van der Waals surface area (Å²) in [5.74, 6) is 0.165. The molecule has 3 heteroatoms. The Morgan fingerprint density at radius 1 is 1.46 bits per heavy atom. The molecule has 0 radical (unpaired) electrons. The topological polar surface area (TPSA) is 29.5 Å². The third kappa shape index (κ3) is 3.35. The van der Waals surface area contributed by atoms with Gasteiger partial charge in [0.2, 0.25) is 0 Å². The second kappa shape index (κ2) is 5.22. The third-order valence-electron chi connectivity index (χ3n) is 2.50. The molecule has 0 spiro atoms. The molecule has 0 saturated carbocycles. The highest BCUT2D eigenvalue weighted by Crippen LogP contribution is 2.17. The van der Waals surface area contributed by atoms with E-state index in [1.165, 1.54) is 0 Å². The zero-order valence-electron chi connectivity index (χ0n) is 8.58. The highest BCUT2D eigenvalue weighted by atomic mass is 16.5. The van der Waals surface area contributed by atoms with Gasteiger partial charge < -0.3 is 9.64 Å². The van der Waals surface area contributed by atoms with Crippen molar-refractivity contribution in [1.82, 2.24) is 4.90 Å². The van der Waals surface area contributed by atoms with Crippen molar-refractivity contribution in [3.63, 3.8) is 0 Å². The van der Waals surface area contributed by atoms with Gasteiger partial charge in [-0.05, 0) is 39.4 Å². The number of piperidine rings is 1. The molecule has 1 aliphatic rings. The maximum Gasteiger partial charge on any atom is 0.309 e. The van der Waals surface area contributed by atoms with Gasteiger partial charge in [-0.2, -0.15) is 0 Å². The molecule has 0 aliphatic carbocycles. The number of carbonyl (C=O) groups is 1. The molecule has 0 bridgehead atoms. The quantitative estimate of drug-likeness (QED) is 0.620. The Bertz CT molecular complexity index is 162. The molecule has 76 valence electrons. The van der Waals surface area contributed by atoms with E-state index in [9.17, 15) is 4.79 Å². The number of likely N-dealkylation sites (tertiary alicyclic amines) is 1. The molecule has 0 unspecified atom stereocenters. The van der Waals surface area contributed by atoms with Crippen molar-refractivity contribution in [2.45, 2.75) is 26.2 Å². The molecule has 0 aromatic heterocycles. The van der Waals surface area contributed by atoms with Crippen LogP contribution in [-0.4, -0.2) is 37.6 Å². The molecule has 0 atom stereocenters. The maximum atomic E-state index is 11.4. The summed E-state index contributed by atoms with van der Waals surface area (Å²) in [7, 11) is 2.09. The predicted octanol–water partition coefficient (Wildman–Crippen LogP) is 1.28. The normalized spacial score (nSPS) is 20.2. The van der Waals surface area contributed by atoms with Gasteiger partial charge in [-0.15, -0.1) is 0 Å². The molecular weight excluding hydrogens is 166 g/mol. The monoisotopic (exact) mass is 185 g/mol. The van der Waals surface area contributed by atoms with Crippen molar-refractivity contribution in [2.75, 3.05) is 26.7 Å². The molecule has 0 aromatic rings. The van der Waals surface area contributed by atoms with Gasteiger partial charge in [-0.3, -0.25) is 4.79 Å². The van der Waals surface area contributed by atoms with Gasteiger partial charge in [0, 0.05) is 0 Å². The minimum absolute atomic E-state index is 0.00921. The fraction of sp³-hybridized carbons (Fsp3) is 0.900. The van der Waals surface area contributed by atoms with Crippen LogP contribution in [0.5, 0.6) is 0 Å². The highest BCUT2D eigenvalue weighted by Gasteiger charge is 2.24. The Labute approximate surface area is 80.1 Å². The van der Waals surface area contributed by atoms with Crippen molar-refractivity contribution < 1.29 is 9.53 Å². The first kappa shape index (κ1) is 10.5. The first-order valence-electron chi connectivity index (χ1n) is 5.09. The molecule has 1 rings (SSSR count). The molecule has 1 aliphatic heterocycles. The SMILES string of the molecule is CCCOC(=O)C1CCN(C)CC1. The van der Waals surface area contributed by atoms with Gasteiger partial charge in [0.15, 0.2) is 0 Å². The van der Waals surface area contributed by atoms with E-state index in [2.05, 4.69) is 11.9 Å². The van der Waals surface area contributed by atoms with Crippen molar-refractivity contribution >= 4 is 5.97 Å². The summed E-state index contributed by atoms with van der Waals surface area (Å²) >= 11 is 0. The second-order valence-corrected chi connectivity index (χ2v) is 3.75. The van der Waals surface area contributed by atoms with E-state index in [1.54, 1.807) is 0 Å². The lowest BCUT2D eigenvalue weighted by Crippen LogP contribution is -2.34. The van der Waals surface area contributed by atoms with Gasteiger partial charge in [0.1, 0.15) is 0 Å². The predicted molar refractivity (Wildman–Crippen MR) is 51.5 cm³/mol. The van der Waals surface area contributed by atoms with Crippen LogP contribution >= 0.6 is 0 Å². The Morgan fingerprint density at radius 2 is 2.08 bits per heavy atom. The Morgan fingerprint density at radius 3 is 2.62 bits per heavy atom. The lowest BCUT2D eigenvalue weighted by atomic mass is 9.97. The van der Waals surface area contributed by atoms with Crippen LogP contribution < -0.4 is 0 Å². The average molecular weight is 185 g/mol. The highest BCUT2D eigenvalue weighted by molar-refractivity contribution is 5.72. The van der Waals surface area contributed by atoms with Crippen LogP contribution in [-0.2, 0) is 9.53 Å². The summed E-state index contributed by atoms with van der Waals surface area (Å²) in [5.41, 5.74) is 0. The smallest absolute Gasteiger partial charge is 0.309 e. The average Bonchev–Trinajstić information content (AvgIpc) is 2.15. The van der Waals surface area contributed by atoms with Gasteiger partial charge in [-0.1, -0.05) is 6.92 Å². The molecule has 0 N–H and O–H groups in total. The Kier molecular flexibility index (Phi) is 4.22. The van der Waals surface area contributed by atoms with Gasteiger partial charge in [0.05, 0.1) is 12.5 Å². The molecule has 3 nitrogen and oxygen atoms in total. The molecular formula is C10H19NO2. The van der Waals surface area contributed by atoms with Crippen molar-refractivity contribution in [3.05, 3.63) is 0 Å². The van der Waals surface area contributed by atoms with E-state index >= 15 is 0 Å². The molecule has 1 heterocycles. The van der Waals surface area contributed by atoms with E-state index in [0.29, 0.717) is 6.61 Å². The lowest BCUT2D eigenvalue weighted by Gasteiger charge is -2.27. The number of esters is 1. The van der Waals surface area contributed by atoms with Crippen molar-refractivity contribution in [1.29, 1.82) is 0 Å². The van der Waals surface area contributed by atoms with Gasteiger partial charge in [-0.25, -0.2) is 0 Å². The third-order valence-corrected chi connectivity index (χ3v) is 2.50. The van der Waals surface area contributed by atoms with Crippen molar-refractivity contribution in [3.8, 4) is 0 Å². The maximum absolute atomic E-state index is 11.4. The fourth-order valence-corrected chi connectivity index (χ4v) is 1.56. The van der Waals surface area contributed by atoms with Crippen LogP contribution in [0.2, 0.25) is 0 Å². The largest absolute Gasteiger partial charge is 0.465 e. The van der Waals surface area contributed by atoms with Crippen LogP contribution in [0.3, 0.4) is 0 Å².